The Hall–Kier alpha value is -7.96. The molecule has 0 N–H and O–H groups in total. The minimum atomic E-state index is -0.577. The van der Waals surface area contributed by atoms with Gasteiger partial charge in [-0.25, -0.2) is 0 Å². The number of fused-ring (bicyclic) bond motifs is 9. The Morgan fingerprint density at radius 2 is 0.710 bits per heavy atom. The molecule has 1 heterocycles. The molecule has 1 aliphatic carbocycles. The van der Waals surface area contributed by atoms with E-state index in [-0.39, 0.29) is 138 Å². The van der Waals surface area contributed by atoms with E-state index in [9.17, 15) is 50.0 Å². The van der Waals surface area contributed by atoms with Crippen LogP contribution in [0.5, 0.6) is 23.0 Å². The summed E-state index contributed by atoms with van der Waals surface area (Å²) < 4.78 is 25.7. The SMILES string of the molecule is CCCOc1c2cc([N+](=O)[O-])cc1Cc1cc([N+](=O)[O-])cc(c1OCCC)Cc1cc([N+](=O)[O-])cc(c1OCCCCCN1C(=O)c3ccccc3C1=O)Cc1cc([N+](=O)[O-])cc(c1OCCC)C2. The molecule has 7 rings (SSSR count). The van der Waals surface area contributed by atoms with E-state index in [2.05, 4.69) is 0 Å². The number of unbranched alkanes of at least 4 members (excludes halogenated alkanes) is 2. The monoisotopic (exact) mass is 945 g/mol. The van der Waals surface area contributed by atoms with Gasteiger partial charge in [-0.1, -0.05) is 32.9 Å². The van der Waals surface area contributed by atoms with Gasteiger partial charge in [-0.3, -0.25) is 54.9 Å². The molecule has 69 heavy (non-hydrogen) atoms. The summed E-state index contributed by atoms with van der Waals surface area (Å²) in [5.74, 6) is 0.221. The molecule has 0 fully saturated rings. The van der Waals surface area contributed by atoms with Gasteiger partial charge in [0.05, 0.1) is 57.2 Å². The quantitative estimate of drug-likeness (QED) is 0.0299. The van der Waals surface area contributed by atoms with Gasteiger partial charge in [0.2, 0.25) is 0 Å². The number of carbonyl (C=O) groups excluding carboxylic acids is 2. The number of nitro benzene ring substituents is 4. The molecule has 0 aromatic heterocycles. The van der Waals surface area contributed by atoms with Crippen LogP contribution in [0.25, 0.3) is 0 Å². The van der Waals surface area contributed by atoms with E-state index in [4.69, 9.17) is 18.9 Å². The van der Waals surface area contributed by atoms with E-state index in [1.807, 2.05) is 20.8 Å². The fraction of sp³-hybridized carbons (Fsp3) is 0.360. The van der Waals surface area contributed by atoms with Crippen LogP contribution in [0.15, 0.2) is 72.8 Å². The Bertz CT molecular complexity index is 2690. The lowest BCUT2D eigenvalue weighted by molar-refractivity contribution is -0.385. The van der Waals surface area contributed by atoms with Gasteiger partial charge in [-0.2, -0.15) is 0 Å². The van der Waals surface area contributed by atoms with Crippen LogP contribution in [-0.2, 0) is 25.7 Å². The predicted molar refractivity (Wildman–Crippen MR) is 252 cm³/mol. The average molecular weight is 946 g/mol. The molecule has 8 bridgehead atoms. The van der Waals surface area contributed by atoms with Crippen molar-refractivity contribution in [2.24, 2.45) is 0 Å². The minimum Gasteiger partial charge on any atom is -0.493 e. The highest BCUT2D eigenvalue weighted by molar-refractivity contribution is 6.21. The molecule has 0 saturated carbocycles. The molecule has 0 spiro atoms. The number of carbonyl (C=O) groups is 2. The highest BCUT2D eigenvalue weighted by Crippen LogP contribution is 2.43. The van der Waals surface area contributed by atoms with Crippen molar-refractivity contribution in [3.05, 3.63) is 169 Å². The summed E-state index contributed by atoms with van der Waals surface area (Å²) in [6.45, 7) is 6.42. The van der Waals surface area contributed by atoms with Crippen LogP contribution in [0.2, 0.25) is 0 Å². The largest absolute Gasteiger partial charge is 0.493 e. The van der Waals surface area contributed by atoms with E-state index in [0.717, 1.165) is 0 Å². The maximum absolute atomic E-state index is 13.0. The van der Waals surface area contributed by atoms with Gasteiger partial charge in [0, 0.05) is 125 Å². The Labute approximate surface area is 396 Å². The number of hydrogen-bond acceptors (Lipinski definition) is 14. The minimum absolute atomic E-state index is 0.0622. The third-order valence-corrected chi connectivity index (χ3v) is 11.8. The molecule has 2 aliphatic rings. The van der Waals surface area contributed by atoms with E-state index in [1.165, 1.54) is 53.4 Å². The zero-order chi connectivity index (χ0) is 49.4. The Balaban J connectivity index is 1.40. The Morgan fingerprint density at radius 3 is 0.971 bits per heavy atom. The summed E-state index contributed by atoms with van der Waals surface area (Å²) in [4.78, 5) is 75.5. The summed E-state index contributed by atoms with van der Waals surface area (Å²) >= 11 is 0. The van der Waals surface area contributed by atoms with Crippen LogP contribution < -0.4 is 18.9 Å². The number of rotatable bonds is 20. The molecule has 19 heteroatoms. The molecule has 0 atom stereocenters. The molecule has 0 saturated heterocycles. The van der Waals surface area contributed by atoms with Crippen LogP contribution in [0.3, 0.4) is 0 Å². The van der Waals surface area contributed by atoms with Gasteiger partial charge in [0.1, 0.15) is 23.0 Å². The van der Waals surface area contributed by atoms with Gasteiger partial charge < -0.3 is 18.9 Å². The molecular formula is C50H51N5O14. The number of non-ortho nitro benzene ring substituents is 4. The topological polar surface area (TPSA) is 247 Å². The lowest BCUT2D eigenvalue weighted by Gasteiger charge is -2.22. The smallest absolute Gasteiger partial charge is 0.270 e. The number of nitro groups is 4. The van der Waals surface area contributed by atoms with Crippen LogP contribution >= 0.6 is 0 Å². The average Bonchev–Trinajstić information content (AvgIpc) is 3.56. The maximum atomic E-state index is 13.0. The second kappa shape index (κ2) is 21.8. The first-order chi connectivity index (χ1) is 33.2. The first-order valence-electron chi connectivity index (χ1n) is 22.9. The predicted octanol–water partition coefficient (Wildman–Crippen LogP) is 10.2. The summed E-state index contributed by atoms with van der Waals surface area (Å²) in [7, 11) is 0. The molecular weight excluding hydrogens is 895 g/mol. The van der Waals surface area contributed by atoms with Gasteiger partial charge in [-0.05, 0) is 50.7 Å². The van der Waals surface area contributed by atoms with Crippen molar-refractivity contribution in [2.75, 3.05) is 33.0 Å². The summed E-state index contributed by atoms with van der Waals surface area (Å²) in [5.41, 5.74) is 1.70. The molecule has 0 unspecified atom stereocenters. The Kier molecular flexibility index (Phi) is 15.4. The number of ether oxygens (including phenoxy) is 4. The van der Waals surface area contributed by atoms with E-state index in [0.29, 0.717) is 71.9 Å². The lowest BCUT2D eigenvalue weighted by atomic mass is 9.90. The van der Waals surface area contributed by atoms with Gasteiger partial charge in [0.25, 0.3) is 34.6 Å². The van der Waals surface area contributed by atoms with Crippen molar-refractivity contribution in [3.63, 3.8) is 0 Å². The molecule has 1 aliphatic heterocycles. The molecule has 5 aromatic carbocycles. The number of hydrogen-bond donors (Lipinski definition) is 0. The Morgan fingerprint density at radius 1 is 0.435 bits per heavy atom. The van der Waals surface area contributed by atoms with Gasteiger partial charge >= 0.3 is 0 Å². The normalized spacial score (nSPS) is 12.9. The molecule has 0 radical (unpaired) electrons. The lowest BCUT2D eigenvalue weighted by Crippen LogP contribution is -2.30. The van der Waals surface area contributed by atoms with Crippen LogP contribution in [-0.4, -0.2) is 69.4 Å². The number of imide groups is 1. The van der Waals surface area contributed by atoms with Crippen LogP contribution in [0, 0.1) is 40.5 Å². The first kappa shape index (κ1) is 49.0. The van der Waals surface area contributed by atoms with Crippen molar-refractivity contribution in [3.8, 4) is 23.0 Å². The van der Waals surface area contributed by atoms with E-state index < -0.39 is 19.7 Å². The third-order valence-electron chi connectivity index (χ3n) is 11.8. The van der Waals surface area contributed by atoms with Crippen molar-refractivity contribution in [1.82, 2.24) is 4.90 Å². The summed E-state index contributed by atoms with van der Waals surface area (Å²) in [6.07, 6.45) is 2.35. The molecule has 5 aromatic rings. The number of amides is 2. The highest BCUT2D eigenvalue weighted by atomic mass is 16.6. The summed E-state index contributed by atoms with van der Waals surface area (Å²) in [6, 6.07) is 17.3. The van der Waals surface area contributed by atoms with Crippen molar-refractivity contribution < 1.29 is 48.2 Å². The van der Waals surface area contributed by atoms with Gasteiger partial charge in [-0.15, -0.1) is 0 Å². The van der Waals surface area contributed by atoms with Crippen LogP contribution in [0.4, 0.5) is 22.7 Å². The zero-order valence-corrected chi connectivity index (χ0v) is 38.5. The molecule has 2 amide bonds. The molecule has 19 nitrogen and oxygen atoms in total. The van der Waals surface area contributed by atoms with Crippen molar-refractivity contribution >= 4 is 34.6 Å². The van der Waals surface area contributed by atoms with Crippen molar-refractivity contribution in [2.45, 2.75) is 85.0 Å². The first-order valence-corrected chi connectivity index (χ1v) is 22.9. The van der Waals surface area contributed by atoms with E-state index >= 15 is 0 Å². The summed E-state index contributed by atoms with van der Waals surface area (Å²) in [5, 5.41) is 50.6. The zero-order valence-electron chi connectivity index (χ0n) is 38.5. The van der Waals surface area contributed by atoms with Crippen molar-refractivity contribution in [1.29, 1.82) is 0 Å². The number of benzene rings is 5. The number of nitrogens with zero attached hydrogens (tertiary/aromatic N) is 5. The second-order valence-electron chi connectivity index (χ2n) is 16.9. The van der Waals surface area contributed by atoms with Crippen LogP contribution in [0.1, 0.15) is 125 Å². The highest BCUT2D eigenvalue weighted by Gasteiger charge is 2.35. The fourth-order valence-electron chi connectivity index (χ4n) is 8.76. The third kappa shape index (κ3) is 10.9. The standard InChI is InChI=1S/C50H51N5O14/c1-4-15-66-45-31-19-33-25-40(53(60)61)27-35(46(33)67-16-5-2)21-37-29-42(55(64)65)30-38(48(37)69-18-11-7-10-14-51-49(56)43-12-8-9-13-44(43)50(51)57)22-36-28-41(54(62)63)26-34(47(36)68-17-6-3)20-32(45)24-39(23-31)52(58)59/h8-9,12-13,23-30H,4-7,10-11,14-22H2,1-3H3. The maximum Gasteiger partial charge on any atom is 0.270 e. The van der Waals surface area contributed by atoms with E-state index in [1.54, 1.807) is 24.3 Å². The molecule has 360 valence electrons. The van der Waals surface area contributed by atoms with Gasteiger partial charge in [0.15, 0.2) is 0 Å². The second-order valence-corrected chi connectivity index (χ2v) is 16.9. The fourth-order valence-corrected chi connectivity index (χ4v) is 8.76.